The number of hydrogen-bond donors (Lipinski definition) is 2. The summed E-state index contributed by atoms with van der Waals surface area (Å²) in [5, 5.41) is 12.7. The summed E-state index contributed by atoms with van der Waals surface area (Å²) in [5.74, 6) is 0.948. The molecule has 2 rings (SSSR count). The van der Waals surface area contributed by atoms with Crippen LogP contribution in [0.1, 0.15) is 31.7 Å². The third kappa shape index (κ3) is 2.85. The minimum absolute atomic E-state index is 0.146. The van der Waals surface area contributed by atoms with Gasteiger partial charge < -0.3 is 15.2 Å². The van der Waals surface area contributed by atoms with Crippen LogP contribution in [-0.2, 0) is 6.42 Å². The molecule has 0 aromatic heterocycles. The molecule has 1 aliphatic carbocycles. The first-order chi connectivity index (χ1) is 8.71. The Hall–Kier alpha value is -1.06. The SMILES string of the molecule is CCc1cccc(OC2CCC(CO)(NC)C2)c1. The molecule has 0 bridgehead atoms. The molecule has 1 saturated carbocycles. The fourth-order valence-corrected chi connectivity index (χ4v) is 2.66. The maximum Gasteiger partial charge on any atom is 0.119 e. The van der Waals surface area contributed by atoms with Gasteiger partial charge in [-0.3, -0.25) is 0 Å². The van der Waals surface area contributed by atoms with E-state index in [9.17, 15) is 5.11 Å². The van der Waals surface area contributed by atoms with Crippen LogP contribution < -0.4 is 10.1 Å². The summed E-state index contributed by atoms with van der Waals surface area (Å²) in [4.78, 5) is 0. The molecule has 1 aromatic carbocycles. The Morgan fingerprint density at radius 2 is 2.33 bits per heavy atom. The highest BCUT2D eigenvalue weighted by molar-refractivity contribution is 5.28. The van der Waals surface area contributed by atoms with E-state index in [2.05, 4.69) is 24.4 Å². The maximum atomic E-state index is 9.46. The Morgan fingerprint density at radius 1 is 1.50 bits per heavy atom. The van der Waals surface area contributed by atoms with Crippen molar-refractivity contribution in [2.75, 3.05) is 13.7 Å². The smallest absolute Gasteiger partial charge is 0.119 e. The van der Waals surface area contributed by atoms with Gasteiger partial charge in [0.1, 0.15) is 11.9 Å². The van der Waals surface area contributed by atoms with E-state index in [1.807, 2.05) is 19.2 Å². The van der Waals surface area contributed by atoms with Gasteiger partial charge in [-0.25, -0.2) is 0 Å². The molecule has 0 radical (unpaired) electrons. The van der Waals surface area contributed by atoms with E-state index < -0.39 is 0 Å². The first-order valence-electron chi connectivity index (χ1n) is 6.77. The van der Waals surface area contributed by atoms with E-state index >= 15 is 0 Å². The van der Waals surface area contributed by atoms with E-state index in [4.69, 9.17) is 4.74 Å². The van der Waals surface area contributed by atoms with Crippen molar-refractivity contribution >= 4 is 0 Å². The summed E-state index contributed by atoms with van der Waals surface area (Å²) >= 11 is 0. The topological polar surface area (TPSA) is 41.5 Å². The largest absolute Gasteiger partial charge is 0.490 e. The molecule has 0 saturated heterocycles. The minimum atomic E-state index is -0.146. The van der Waals surface area contributed by atoms with Gasteiger partial charge in [0.2, 0.25) is 0 Å². The lowest BCUT2D eigenvalue weighted by molar-refractivity contribution is 0.146. The molecule has 2 atom stereocenters. The van der Waals surface area contributed by atoms with Crippen LogP contribution in [0.2, 0.25) is 0 Å². The monoisotopic (exact) mass is 249 g/mol. The van der Waals surface area contributed by atoms with Gasteiger partial charge >= 0.3 is 0 Å². The Bertz CT molecular complexity index is 388. The van der Waals surface area contributed by atoms with Gasteiger partial charge in [0.15, 0.2) is 0 Å². The molecule has 0 aliphatic heterocycles. The van der Waals surface area contributed by atoms with Crippen LogP contribution in [0.25, 0.3) is 0 Å². The fraction of sp³-hybridized carbons (Fsp3) is 0.600. The van der Waals surface area contributed by atoms with Crippen molar-refractivity contribution in [2.45, 2.75) is 44.2 Å². The quantitative estimate of drug-likeness (QED) is 0.840. The van der Waals surface area contributed by atoms with Gasteiger partial charge in [0.05, 0.1) is 6.61 Å². The van der Waals surface area contributed by atoms with Crippen LogP contribution in [0.5, 0.6) is 5.75 Å². The molecule has 100 valence electrons. The molecule has 1 aromatic rings. The number of aliphatic hydroxyl groups is 1. The predicted molar refractivity (Wildman–Crippen MR) is 73.0 cm³/mol. The average molecular weight is 249 g/mol. The first kappa shape index (κ1) is 13.4. The molecule has 0 spiro atoms. The second-order valence-corrected chi connectivity index (χ2v) is 5.17. The van der Waals surface area contributed by atoms with Crippen LogP contribution in [0.4, 0.5) is 0 Å². The van der Waals surface area contributed by atoms with Crippen LogP contribution in [0, 0.1) is 0 Å². The van der Waals surface area contributed by atoms with Crippen molar-refractivity contribution in [3.05, 3.63) is 29.8 Å². The minimum Gasteiger partial charge on any atom is -0.490 e. The zero-order chi connectivity index (χ0) is 13.0. The van der Waals surface area contributed by atoms with Crippen molar-refractivity contribution in [1.82, 2.24) is 5.32 Å². The van der Waals surface area contributed by atoms with Gasteiger partial charge in [-0.05, 0) is 44.0 Å². The second kappa shape index (κ2) is 5.72. The molecule has 0 amide bonds. The lowest BCUT2D eigenvalue weighted by Gasteiger charge is -2.26. The lowest BCUT2D eigenvalue weighted by atomic mass is 9.99. The molecule has 18 heavy (non-hydrogen) atoms. The number of benzene rings is 1. The molecule has 3 heteroatoms. The van der Waals surface area contributed by atoms with E-state index in [1.165, 1.54) is 5.56 Å². The summed E-state index contributed by atoms with van der Waals surface area (Å²) in [6, 6.07) is 8.28. The van der Waals surface area contributed by atoms with Crippen molar-refractivity contribution in [3.8, 4) is 5.75 Å². The molecular weight excluding hydrogens is 226 g/mol. The lowest BCUT2D eigenvalue weighted by Crippen LogP contribution is -2.44. The number of rotatable bonds is 5. The highest BCUT2D eigenvalue weighted by atomic mass is 16.5. The van der Waals surface area contributed by atoms with Crippen molar-refractivity contribution in [1.29, 1.82) is 0 Å². The van der Waals surface area contributed by atoms with Gasteiger partial charge in [-0.2, -0.15) is 0 Å². The van der Waals surface area contributed by atoms with E-state index in [-0.39, 0.29) is 18.2 Å². The molecule has 2 N–H and O–H groups in total. The van der Waals surface area contributed by atoms with Gasteiger partial charge in [-0.15, -0.1) is 0 Å². The van der Waals surface area contributed by atoms with Crippen LogP contribution in [-0.4, -0.2) is 30.4 Å². The van der Waals surface area contributed by atoms with Gasteiger partial charge in [0, 0.05) is 12.0 Å². The number of aryl methyl sites for hydroxylation is 1. The standard InChI is InChI=1S/C15H23NO2/c1-3-12-5-4-6-13(9-12)18-14-7-8-15(10-14,11-17)16-2/h4-6,9,14,16-17H,3,7-8,10-11H2,1-2H3. The Balaban J connectivity index is 1.98. The molecular formula is C15H23NO2. The van der Waals surface area contributed by atoms with E-state index in [0.29, 0.717) is 0 Å². The van der Waals surface area contributed by atoms with Gasteiger partial charge in [-0.1, -0.05) is 19.1 Å². The Kier molecular flexibility index (Phi) is 4.25. The summed E-state index contributed by atoms with van der Waals surface area (Å²) < 4.78 is 6.03. The Morgan fingerprint density at radius 3 is 2.94 bits per heavy atom. The number of likely N-dealkylation sites (N-methyl/N-ethyl adjacent to an activating group) is 1. The zero-order valence-electron chi connectivity index (χ0n) is 11.3. The summed E-state index contributed by atoms with van der Waals surface area (Å²) in [6.45, 7) is 2.32. The second-order valence-electron chi connectivity index (χ2n) is 5.17. The van der Waals surface area contributed by atoms with E-state index in [0.717, 1.165) is 31.4 Å². The van der Waals surface area contributed by atoms with Crippen molar-refractivity contribution < 1.29 is 9.84 Å². The number of aliphatic hydroxyl groups excluding tert-OH is 1. The molecule has 2 unspecified atom stereocenters. The van der Waals surface area contributed by atoms with Crippen LogP contribution in [0.3, 0.4) is 0 Å². The molecule has 0 heterocycles. The maximum absolute atomic E-state index is 9.46. The number of ether oxygens (including phenoxy) is 1. The third-order valence-electron chi connectivity index (χ3n) is 4.01. The Labute approximate surface area is 109 Å². The normalized spacial score (nSPS) is 27.4. The highest BCUT2D eigenvalue weighted by Gasteiger charge is 2.38. The number of nitrogens with one attached hydrogen (secondary N) is 1. The van der Waals surface area contributed by atoms with Crippen molar-refractivity contribution in [2.24, 2.45) is 0 Å². The summed E-state index contributed by atoms with van der Waals surface area (Å²) in [6.07, 6.45) is 4.07. The zero-order valence-corrected chi connectivity index (χ0v) is 11.3. The van der Waals surface area contributed by atoms with Crippen LogP contribution in [0.15, 0.2) is 24.3 Å². The first-order valence-corrected chi connectivity index (χ1v) is 6.77. The summed E-state index contributed by atoms with van der Waals surface area (Å²) in [5.41, 5.74) is 1.15. The highest BCUT2D eigenvalue weighted by Crippen LogP contribution is 2.32. The molecule has 1 aliphatic rings. The molecule has 1 fully saturated rings. The molecule has 3 nitrogen and oxygen atoms in total. The average Bonchev–Trinajstić information content (AvgIpc) is 2.83. The summed E-state index contributed by atoms with van der Waals surface area (Å²) in [7, 11) is 1.91. The third-order valence-corrected chi connectivity index (χ3v) is 4.01. The van der Waals surface area contributed by atoms with Gasteiger partial charge in [0.25, 0.3) is 0 Å². The van der Waals surface area contributed by atoms with Crippen molar-refractivity contribution in [3.63, 3.8) is 0 Å². The predicted octanol–water partition coefficient (Wildman–Crippen LogP) is 2.13. The fourth-order valence-electron chi connectivity index (χ4n) is 2.66. The van der Waals surface area contributed by atoms with E-state index in [1.54, 1.807) is 0 Å². The number of hydrogen-bond acceptors (Lipinski definition) is 3. The van der Waals surface area contributed by atoms with Crippen LogP contribution >= 0.6 is 0 Å².